The zero-order valence-corrected chi connectivity index (χ0v) is 20.7. The van der Waals surface area contributed by atoms with E-state index in [2.05, 4.69) is 10.3 Å². The predicted octanol–water partition coefficient (Wildman–Crippen LogP) is 2.43. The molecular weight excluding hydrogens is 530 g/mol. The van der Waals surface area contributed by atoms with Gasteiger partial charge in [0, 0.05) is 39.9 Å². The molecule has 12 nitrogen and oxygen atoms in total. The monoisotopic (exact) mass is 549 g/mol. The van der Waals surface area contributed by atoms with Gasteiger partial charge in [0.25, 0.3) is 11.8 Å². The third kappa shape index (κ3) is 4.58. The van der Waals surface area contributed by atoms with Crippen LogP contribution in [0.15, 0.2) is 29.2 Å². The third-order valence-corrected chi connectivity index (χ3v) is 7.88. The number of esters is 1. The van der Waals surface area contributed by atoms with E-state index in [4.69, 9.17) is 22.1 Å². The molecule has 14 heteroatoms. The maximum absolute atomic E-state index is 13.2. The van der Waals surface area contributed by atoms with E-state index in [1.165, 1.54) is 25.1 Å². The molecule has 6 N–H and O–H groups in total. The summed E-state index contributed by atoms with van der Waals surface area (Å²) in [6, 6.07) is 5.15. The van der Waals surface area contributed by atoms with Gasteiger partial charge in [-0.3, -0.25) is 14.4 Å². The van der Waals surface area contributed by atoms with Crippen molar-refractivity contribution in [3.8, 4) is 16.9 Å². The van der Waals surface area contributed by atoms with Gasteiger partial charge in [-0.05, 0) is 24.3 Å². The van der Waals surface area contributed by atoms with Gasteiger partial charge in [0.15, 0.2) is 21.7 Å². The number of rotatable bonds is 7. The second-order valence-corrected chi connectivity index (χ2v) is 10.8. The number of hydrogen-bond donors (Lipinski definition) is 5. The highest BCUT2D eigenvalue weighted by Crippen LogP contribution is 2.47. The molecule has 2 heterocycles. The van der Waals surface area contributed by atoms with E-state index in [1.54, 1.807) is 0 Å². The number of nitrogens with one attached hydrogen (secondary N) is 2. The van der Waals surface area contributed by atoms with E-state index in [-0.39, 0.29) is 34.3 Å². The number of H-pyrrole nitrogens is 1. The fraction of sp³-hybridized carbons (Fsp3) is 0.217. The largest absolute Gasteiger partial charge is 0.505 e. The summed E-state index contributed by atoms with van der Waals surface area (Å²) >= 11 is 6.14. The maximum Gasteiger partial charge on any atom is 0.352 e. The van der Waals surface area contributed by atoms with Gasteiger partial charge in [-0.2, -0.15) is 0 Å². The summed E-state index contributed by atoms with van der Waals surface area (Å²) in [4.78, 5) is 51.0. The summed E-state index contributed by atoms with van der Waals surface area (Å²) in [5.41, 5.74) is 3.30. The van der Waals surface area contributed by atoms with Crippen LogP contribution < -0.4 is 11.1 Å². The molecule has 1 atom stereocenters. The zero-order chi connectivity index (χ0) is 27.2. The molecule has 1 aliphatic heterocycles. The summed E-state index contributed by atoms with van der Waals surface area (Å²) in [5, 5.41) is 23.6. The third-order valence-electron chi connectivity index (χ3n) is 5.89. The highest BCUT2D eigenvalue weighted by atomic mass is 35.5. The number of nitrogens with two attached hydrogens (primary N) is 1. The van der Waals surface area contributed by atoms with Gasteiger partial charge in [0.1, 0.15) is 5.69 Å². The SMILES string of the molecule is CCS(=O)(=O)c1cc(C(N)=O)c(O)c(NC(=O)C2CCC(=O)O2)c1-c1c(C(=O)O)[nH]c2ccc(Cl)cc12. The number of phenols is 1. The fourth-order valence-electron chi connectivity index (χ4n) is 4.10. The van der Waals surface area contributed by atoms with Crippen molar-refractivity contribution in [2.45, 2.75) is 30.8 Å². The molecule has 1 aromatic heterocycles. The first-order valence-electron chi connectivity index (χ1n) is 10.8. The van der Waals surface area contributed by atoms with Gasteiger partial charge in [0.05, 0.1) is 21.9 Å². The lowest BCUT2D eigenvalue weighted by molar-refractivity contribution is -0.146. The lowest BCUT2D eigenvalue weighted by Crippen LogP contribution is -2.28. The number of carbonyl (C=O) groups excluding carboxylic acids is 3. The summed E-state index contributed by atoms with van der Waals surface area (Å²) in [6.45, 7) is 1.32. The highest BCUT2D eigenvalue weighted by Gasteiger charge is 2.35. The van der Waals surface area contributed by atoms with Crippen LogP contribution in [0.5, 0.6) is 5.75 Å². The van der Waals surface area contributed by atoms with Crippen LogP contribution in [0.3, 0.4) is 0 Å². The number of halogens is 1. The molecule has 0 bridgehead atoms. The maximum atomic E-state index is 13.2. The average Bonchev–Trinajstić information content (AvgIpc) is 3.43. The van der Waals surface area contributed by atoms with Crippen molar-refractivity contribution in [1.82, 2.24) is 4.98 Å². The number of carboxylic acid groups (broad SMARTS) is 1. The van der Waals surface area contributed by atoms with E-state index in [0.717, 1.165) is 6.07 Å². The Morgan fingerprint density at radius 2 is 1.95 bits per heavy atom. The number of cyclic esters (lactones) is 1. The second-order valence-electron chi connectivity index (χ2n) is 8.17. The molecular formula is C23H20ClN3O9S. The van der Waals surface area contributed by atoms with Crippen molar-refractivity contribution in [1.29, 1.82) is 0 Å². The Kier molecular flexibility index (Phi) is 6.60. The number of fused-ring (bicyclic) bond motifs is 1. The first kappa shape index (κ1) is 26.0. The molecule has 1 unspecified atom stereocenters. The van der Waals surface area contributed by atoms with Crippen molar-refractivity contribution < 1.29 is 42.5 Å². The molecule has 1 fully saturated rings. The first-order chi connectivity index (χ1) is 17.4. The number of aromatic hydroxyl groups is 1. The predicted molar refractivity (Wildman–Crippen MR) is 131 cm³/mol. The van der Waals surface area contributed by atoms with E-state index < -0.39 is 78.6 Å². The van der Waals surface area contributed by atoms with Gasteiger partial charge in [0.2, 0.25) is 0 Å². The molecule has 1 saturated heterocycles. The van der Waals surface area contributed by atoms with Gasteiger partial charge < -0.3 is 31.0 Å². The van der Waals surface area contributed by atoms with Crippen LogP contribution in [0.2, 0.25) is 5.02 Å². The lowest BCUT2D eigenvalue weighted by atomic mass is 9.96. The topological polar surface area (TPSA) is 206 Å². The summed E-state index contributed by atoms with van der Waals surface area (Å²) in [5.74, 6) is -5.64. The number of aromatic amines is 1. The number of anilines is 1. The Morgan fingerprint density at radius 3 is 2.51 bits per heavy atom. The number of carboxylic acids is 1. The number of amides is 2. The van der Waals surface area contributed by atoms with Crippen molar-refractivity contribution >= 4 is 61.8 Å². The minimum Gasteiger partial charge on any atom is -0.505 e. The molecule has 0 radical (unpaired) electrons. The Hall–Kier alpha value is -4.10. The minimum atomic E-state index is -4.23. The van der Waals surface area contributed by atoms with E-state index in [9.17, 15) is 37.8 Å². The number of aromatic nitrogens is 1. The standard InChI is InChI=1S/C23H20ClN3O9S/c1-2-37(34,35)14-8-11(21(25)30)20(29)18(27-22(31)13-5-6-15(28)36-13)17(14)16-10-7-9(24)3-4-12(10)26-19(16)23(32)33/h3-4,7-8,13,26,29H,2,5-6H2,1H3,(H2,25,30)(H,27,31)(H,32,33). The highest BCUT2D eigenvalue weighted by molar-refractivity contribution is 7.91. The van der Waals surface area contributed by atoms with E-state index in [0.29, 0.717) is 0 Å². The van der Waals surface area contributed by atoms with Crippen LogP contribution in [-0.4, -0.2) is 59.2 Å². The van der Waals surface area contributed by atoms with Crippen molar-refractivity contribution in [2.24, 2.45) is 5.73 Å². The number of carbonyl (C=O) groups is 4. The molecule has 0 aliphatic carbocycles. The lowest BCUT2D eigenvalue weighted by Gasteiger charge is -2.20. The quantitative estimate of drug-likeness (QED) is 0.216. The van der Waals surface area contributed by atoms with Gasteiger partial charge >= 0.3 is 11.9 Å². The fourth-order valence-corrected chi connectivity index (χ4v) is 5.40. The Labute approximate surface area is 214 Å². The minimum absolute atomic E-state index is 0.0134. The average molecular weight is 550 g/mol. The molecule has 2 aromatic carbocycles. The van der Waals surface area contributed by atoms with E-state index in [1.807, 2.05) is 0 Å². The van der Waals surface area contributed by atoms with Crippen LogP contribution in [-0.2, 0) is 24.2 Å². The molecule has 1 aliphatic rings. The second kappa shape index (κ2) is 9.41. The number of ether oxygens (including phenoxy) is 1. The van der Waals surface area contributed by atoms with Crippen LogP contribution in [0, 0.1) is 0 Å². The van der Waals surface area contributed by atoms with Crippen molar-refractivity contribution in [3.63, 3.8) is 0 Å². The van der Waals surface area contributed by atoms with Crippen LogP contribution in [0.4, 0.5) is 5.69 Å². The smallest absolute Gasteiger partial charge is 0.352 e. The Balaban J connectivity index is 2.15. The van der Waals surface area contributed by atoms with Crippen molar-refractivity contribution in [3.05, 3.63) is 40.5 Å². The first-order valence-corrected chi connectivity index (χ1v) is 12.9. The molecule has 4 rings (SSSR count). The Morgan fingerprint density at radius 1 is 1.24 bits per heavy atom. The van der Waals surface area contributed by atoms with Crippen molar-refractivity contribution in [2.75, 3.05) is 11.1 Å². The number of aromatic carboxylic acids is 1. The number of primary amides is 1. The summed E-state index contributed by atoms with van der Waals surface area (Å²) < 4.78 is 31.4. The van der Waals surface area contributed by atoms with Gasteiger partial charge in [-0.1, -0.05) is 18.5 Å². The van der Waals surface area contributed by atoms with Gasteiger partial charge in [-0.25, -0.2) is 13.2 Å². The van der Waals surface area contributed by atoms with Crippen LogP contribution in [0.25, 0.3) is 22.0 Å². The van der Waals surface area contributed by atoms with Crippen LogP contribution in [0.1, 0.15) is 40.6 Å². The number of hydrogen-bond acceptors (Lipinski definition) is 8. The van der Waals surface area contributed by atoms with E-state index >= 15 is 0 Å². The molecule has 37 heavy (non-hydrogen) atoms. The number of sulfone groups is 1. The normalized spacial score (nSPS) is 15.5. The molecule has 2 amide bonds. The molecule has 194 valence electrons. The summed E-state index contributed by atoms with van der Waals surface area (Å²) in [7, 11) is -4.23. The Bertz CT molecular complexity index is 1610. The molecule has 0 spiro atoms. The zero-order valence-electron chi connectivity index (χ0n) is 19.1. The van der Waals surface area contributed by atoms with Crippen LogP contribution >= 0.6 is 11.6 Å². The molecule has 0 saturated carbocycles. The number of benzene rings is 2. The molecule has 3 aromatic rings. The summed E-state index contributed by atoms with van der Waals surface area (Å²) in [6.07, 6.45) is -1.29. The van der Waals surface area contributed by atoms with Gasteiger partial charge in [-0.15, -0.1) is 0 Å².